The van der Waals surface area contributed by atoms with Gasteiger partial charge in [-0.1, -0.05) is 30.3 Å². The van der Waals surface area contributed by atoms with Crippen LogP contribution in [0.4, 0.5) is 13.9 Å². The number of carbonyl (C=O) groups excluding carboxylic acids is 1. The zero-order chi connectivity index (χ0) is 19.7. The molecule has 0 aliphatic carbocycles. The predicted octanol–water partition coefficient (Wildman–Crippen LogP) is 4.14. The lowest BCUT2D eigenvalue weighted by Gasteiger charge is -2.41. The monoisotopic (exact) mass is 402 g/mol. The highest BCUT2D eigenvalue weighted by Crippen LogP contribution is 2.42. The number of hydrogen-bond donors (Lipinski definition) is 1. The number of carbonyl (C=O) groups is 1. The molecular weight excluding hydrogens is 382 g/mol. The van der Waals surface area contributed by atoms with Gasteiger partial charge in [0.25, 0.3) is 5.91 Å². The number of thiazole rings is 1. The second-order valence-corrected chi connectivity index (χ2v) is 7.78. The van der Waals surface area contributed by atoms with Crippen LogP contribution in [0.2, 0.25) is 0 Å². The summed E-state index contributed by atoms with van der Waals surface area (Å²) < 4.78 is 27.0. The van der Waals surface area contributed by atoms with Gasteiger partial charge < -0.3 is 10.6 Å². The first-order valence-corrected chi connectivity index (χ1v) is 9.90. The summed E-state index contributed by atoms with van der Waals surface area (Å²) in [4.78, 5) is 19.0. The first-order chi connectivity index (χ1) is 13.5. The van der Waals surface area contributed by atoms with E-state index in [0.717, 1.165) is 11.3 Å². The van der Waals surface area contributed by atoms with Crippen molar-refractivity contribution in [3.63, 3.8) is 0 Å². The van der Waals surface area contributed by atoms with Crippen LogP contribution in [-0.4, -0.2) is 33.4 Å². The summed E-state index contributed by atoms with van der Waals surface area (Å²) in [6.45, 7) is -1.82. The fraction of sp³-hybridized carbons (Fsp3) is 0.300. The minimum atomic E-state index is -2.74. The van der Waals surface area contributed by atoms with Gasteiger partial charge in [0, 0.05) is 30.1 Å². The lowest BCUT2D eigenvalue weighted by atomic mass is 9.70. The SMILES string of the molecule is Nc1nc(C2(c3ccccc3)CCN(C(=O)c3cccn3C(F)F)CC2)cs1. The third-order valence-corrected chi connectivity index (χ3v) is 6.13. The first-order valence-electron chi connectivity index (χ1n) is 9.02. The predicted molar refractivity (Wildman–Crippen MR) is 105 cm³/mol. The van der Waals surface area contributed by atoms with E-state index >= 15 is 0 Å². The maximum atomic E-state index is 13.1. The minimum absolute atomic E-state index is 0.0140. The molecule has 8 heteroatoms. The van der Waals surface area contributed by atoms with E-state index in [1.54, 1.807) is 4.90 Å². The maximum Gasteiger partial charge on any atom is 0.319 e. The van der Waals surface area contributed by atoms with Gasteiger partial charge in [0.15, 0.2) is 5.13 Å². The Morgan fingerprint density at radius 1 is 1.14 bits per heavy atom. The number of anilines is 1. The number of rotatable bonds is 4. The van der Waals surface area contributed by atoms with Gasteiger partial charge in [-0.25, -0.2) is 4.98 Å². The van der Waals surface area contributed by atoms with Crippen LogP contribution in [-0.2, 0) is 5.41 Å². The summed E-state index contributed by atoms with van der Waals surface area (Å²) >= 11 is 1.40. The average Bonchev–Trinajstić information content (AvgIpc) is 3.38. The fourth-order valence-electron chi connectivity index (χ4n) is 3.96. The van der Waals surface area contributed by atoms with Crippen molar-refractivity contribution in [2.24, 2.45) is 0 Å². The van der Waals surface area contributed by atoms with Crippen molar-refractivity contribution in [2.45, 2.75) is 24.8 Å². The molecule has 2 N–H and O–H groups in total. The molecule has 0 unspecified atom stereocenters. The van der Waals surface area contributed by atoms with E-state index in [2.05, 4.69) is 17.1 Å². The van der Waals surface area contributed by atoms with Gasteiger partial charge in [0.1, 0.15) is 5.69 Å². The molecule has 3 aromatic rings. The number of nitrogens with zero attached hydrogens (tertiary/aromatic N) is 3. The molecule has 5 nitrogen and oxygen atoms in total. The Hall–Kier alpha value is -2.74. The van der Waals surface area contributed by atoms with Gasteiger partial charge in [0.05, 0.1) is 5.69 Å². The molecule has 28 heavy (non-hydrogen) atoms. The lowest BCUT2D eigenvalue weighted by Crippen LogP contribution is -2.46. The summed E-state index contributed by atoms with van der Waals surface area (Å²) in [5.74, 6) is -0.371. The number of halogens is 2. The van der Waals surface area contributed by atoms with Crippen LogP contribution in [0.1, 0.15) is 41.1 Å². The van der Waals surface area contributed by atoms with Crippen molar-refractivity contribution in [2.75, 3.05) is 18.8 Å². The number of amides is 1. The van der Waals surface area contributed by atoms with Crippen LogP contribution in [0.15, 0.2) is 54.0 Å². The van der Waals surface area contributed by atoms with Crippen LogP contribution >= 0.6 is 11.3 Å². The third kappa shape index (κ3) is 3.17. The smallest absolute Gasteiger partial charge is 0.319 e. The van der Waals surface area contributed by atoms with Gasteiger partial charge in [-0.3, -0.25) is 9.36 Å². The normalized spacial score (nSPS) is 16.5. The Morgan fingerprint density at radius 3 is 2.46 bits per heavy atom. The van der Waals surface area contributed by atoms with E-state index in [0.29, 0.717) is 35.6 Å². The lowest BCUT2D eigenvalue weighted by molar-refractivity contribution is 0.0529. The van der Waals surface area contributed by atoms with E-state index in [1.165, 1.54) is 29.7 Å². The summed E-state index contributed by atoms with van der Waals surface area (Å²) in [5.41, 5.74) is 7.59. The Kier molecular flexibility index (Phi) is 4.89. The standard InChI is InChI=1S/C20H20F2N4OS/c21-18(22)26-10-4-7-15(26)17(27)25-11-8-20(9-12-25,14-5-2-1-3-6-14)16-13-28-19(23)24-16/h1-7,10,13,18H,8-9,11-12H2,(H2,23,24). The van der Waals surface area contributed by atoms with Crippen molar-refractivity contribution in [3.8, 4) is 0 Å². The number of alkyl halides is 2. The fourth-order valence-corrected chi connectivity index (χ4v) is 4.62. The van der Waals surface area contributed by atoms with Crippen LogP contribution in [0.25, 0.3) is 0 Å². The van der Waals surface area contributed by atoms with Crippen molar-refractivity contribution in [1.82, 2.24) is 14.5 Å². The second-order valence-electron chi connectivity index (χ2n) is 6.89. The van der Waals surface area contributed by atoms with Crippen molar-refractivity contribution in [3.05, 3.63) is 71.0 Å². The van der Waals surface area contributed by atoms with E-state index < -0.39 is 6.55 Å². The minimum Gasteiger partial charge on any atom is -0.375 e. The maximum absolute atomic E-state index is 13.1. The summed E-state index contributed by atoms with van der Waals surface area (Å²) in [6.07, 6.45) is 2.54. The molecule has 0 bridgehead atoms. The van der Waals surface area contributed by atoms with E-state index in [9.17, 15) is 13.6 Å². The topological polar surface area (TPSA) is 64.2 Å². The molecule has 2 aromatic heterocycles. The highest BCUT2D eigenvalue weighted by molar-refractivity contribution is 7.13. The highest BCUT2D eigenvalue weighted by Gasteiger charge is 2.41. The number of aromatic nitrogens is 2. The number of hydrogen-bond acceptors (Lipinski definition) is 4. The molecule has 1 saturated heterocycles. The summed E-state index contributed by atoms with van der Waals surface area (Å²) in [6, 6.07) is 13.0. The Balaban J connectivity index is 1.61. The van der Waals surface area contributed by atoms with Crippen LogP contribution in [0.5, 0.6) is 0 Å². The molecule has 1 aliphatic heterocycles. The molecule has 1 aliphatic rings. The van der Waals surface area contributed by atoms with Gasteiger partial charge >= 0.3 is 6.55 Å². The van der Waals surface area contributed by atoms with E-state index in [1.807, 2.05) is 23.6 Å². The number of nitrogen functional groups attached to an aromatic ring is 1. The number of nitrogens with two attached hydrogens (primary N) is 1. The molecule has 1 amide bonds. The molecule has 0 spiro atoms. The molecule has 0 radical (unpaired) electrons. The van der Waals surface area contributed by atoms with Crippen LogP contribution < -0.4 is 5.73 Å². The quantitative estimate of drug-likeness (QED) is 0.713. The van der Waals surface area contributed by atoms with Crippen molar-refractivity contribution in [1.29, 1.82) is 0 Å². The number of piperidine rings is 1. The average molecular weight is 402 g/mol. The largest absolute Gasteiger partial charge is 0.375 e. The number of likely N-dealkylation sites (tertiary alicyclic amines) is 1. The zero-order valence-electron chi connectivity index (χ0n) is 15.1. The Bertz CT molecular complexity index is 962. The molecular formula is C20H20F2N4OS. The second kappa shape index (κ2) is 7.35. The first kappa shape index (κ1) is 18.6. The van der Waals surface area contributed by atoms with Crippen LogP contribution in [0.3, 0.4) is 0 Å². The molecule has 3 heterocycles. The van der Waals surface area contributed by atoms with E-state index in [4.69, 9.17) is 5.73 Å². The van der Waals surface area contributed by atoms with Crippen LogP contribution in [0, 0.1) is 0 Å². The summed E-state index contributed by atoms with van der Waals surface area (Å²) in [7, 11) is 0. The molecule has 0 saturated carbocycles. The molecule has 0 atom stereocenters. The molecule has 1 aromatic carbocycles. The Labute approximate surface area is 165 Å². The van der Waals surface area contributed by atoms with Gasteiger partial charge in [0.2, 0.25) is 0 Å². The summed E-state index contributed by atoms with van der Waals surface area (Å²) in [5, 5.41) is 2.49. The molecule has 146 valence electrons. The van der Waals surface area contributed by atoms with Gasteiger partial charge in [-0.2, -0.15) is 8.78 Å². The van der Waals surface area contributed by atoms with Crippen molar-refractivity contribution >= 4 is 22.4 Å². The Morgan fingerprint density at radius 2 is 1.86 bits per heavy atom. The number of benzene rings is 1. The third-order valence-electron chi connectivity index (χ3n) is 5.45. The van der Waals surface area contributed by atoms with E-state index in [-0.39, 0.29) is 17.0 Å². The van der Waals surface area contributed by atoms with Gasteiger partial charge in [-0.15, -0.1) is 11.3 Å². The van der Waals surface area contributed by atoms with Crippen molar-refractivity contribution < 1.29 is 13.6 Å². The highest BCUT2D eigenvalue weighted by atomic mass is 32.1. The molecule has 1 fully saturated rings. The molecule has 4 rings (SSSR count). The van der Waals surface area contributed by atoms with Gasteiger partial charge in [-0.05, 0) is 30.5 Å². The zero-order valence-corrected chi connectivity index (χ0v) is 15.9.